The first kappa shape index (κ1) is 17.7. The summed E-state index contributed by atoms with van der Waals surface area (Å²) in [6, 6.07) is 9.96. The highest BCUT2D eigenvalue weighted by Crippen LogP contribution is 2.15. The molecule has 0 spiro atoms. The molecule has 0 atom stereocenters. The molecule has 1 heterocycles. The van der Waals surface area contributed by atoms with Crippen LogP contribution in [-0.2, 0) is 16.1 Å². The molecule has 2 rings (SSSR count). The zero-order valence-corrected chi connectivity index (χ0v) is 13.9. The zero-order valence-electron chi connectivity index (χ0n) is 13.1. The zero-order chi connectivity index (χ0) is 17.5. The largest absolute Gasteiger partial charge is 0.469 e. The molecule has 1 aromatic carbocycles. The number of pyridine rings is 1. The van der Waals surface area contributed by atoms with Gasteiger partial charge in [0.1, 0.15) is 0 Å². The lowest BCUT2D eigenvalue weighted by Crippen LogP contribution is -2.28. The van der Waals surface area contributed by atoms with Gasteiger partial charge in [0.05, 0.1) is 25.6 Å². The number of esters is 1. The molecule has 2 aromatic rings. The summed E-state index contributed by atoms with van der Waals surface area (Å²) >= 11 is 6.10. The van der Waals surface area contributed by atoms with E-state index >= 15 is 0 Å². The third kappa shape index (κ3) is 4.70. The highest BCUT2D eigenvalue weighted by atomic mass is 35.5. The lowest BCUT2D eigenvalue weighted by atomic mass is 10.2. The molecular weight excluding hydrogens is 332 g/mol. The molecule has 1 N–H and O–H groups in total. The summed E-state index contributed by atoms with van der Waals surface area (Å²) in [5, 5.41) is 3.16. The number of benzene rings is 1. The number of ether oxygens (including phenoxy) is 1. The minimum atomic E-state index is -0.404. The second-order valence-electron chi connectivity index (χ2n) is 5.06. The molecule has 0 bridgehead atoms. The van der Waals surface area contributed by atoms with Crippen molar-refractivity contribution in [1.82, 2.24) is 9.88 Å². The van der Waals surface area contributed by atoms with Crippen molar-refractivity contribution in [3.05, 3.63) is 69.1 Å². The van der Waals surface area contributed by atoms with Gasteiger partial charge in [0.25, 0.3) is 11.5 Å². The number of hydrogen-bond acceptors (Lipinski definition) is 4. The second-order valence-corrected chi connectivity index (χ2v) is 5.46. The van der Waals surface area contributed by atoms with Crippen LogP contribution in [0.15, 0.2) is 47.4 Å². The number of carbonyl (C=O) groups excluding carboxylic acids is 2. The van der Waals surface area contributed by atoms with Crippen molar-refractivity contribution in [1.29, 1.82) is 0 Å². The maximum atomic E-state index is 12.1. The average molecular weight is 349 g/mol. The molecular formula is C17H17ClN2O4. The number of carbonyl (C=O) groups is 2. The lowest BCUT2D eigenvalue weighted by molar-refractivity contribution is -0.140. The third-order valence-corrected chi connectivity index (χ3v) is 3.76. The molecule has 7 heteroatoms. The van der Waals surface area contributed by atoms with Gasteiger partial charge in [0, 0.05) is 23.8 Å². The van der Waals surface area contributed by atoms with Crippen LogP contribution in [0.25, 0.3) is 0 Å². The Balaban J connectivity index is 2.10. The minimum Gasteiger partial charge on any atom is -0.469 e. The van der Waals surface area contributed by atoms with E-state index in [1.54, 1.807) is 12.1 Å². The molecule has 0 fully saturated rings. The number of methoxy groups -OCH3 is 1. The van der Waals surface area contributed by atoms with Crippen molar-refractivity contribution in [2.75, 3.05) is 13.7 Å². The van der Waals surface area contributed by atoms with Gasteiger partial charge in [-0.1, -0.05) is 29.8 Å². The van der Waals surface area contributed by atoms with Crippen molar-refractivity contribution < 1.29 is 14.3 Å². The van der Waals surface area contributed by atoms with Gasteiger partial charge < -0.3 is 14.6 Å². The molecule has 6 nitrogen and oxygen atoms in total. The van der Waals surface area contributed by atoms with E-state index < -0.39 is 5.97 Å². The molecule has 24 heavy (non-hydrogen) atoms. The fraction of sp³-hybridized carbons (Fsp3) is 0.235. The van der Waals surface area contributed by atoms with Gasteiger partial charge >= 0.3 is 5.97 Å². The van der Waals surface area contributed by atoms with Crippen LogP contribution < -0.4 is 10.9 Å². The van der Waals surface area contributed by atoms with Crippen LogP contribution in [0, 0.1) is 0 Å². The molecule has 0 saturated carbocycles. The number of rotatable bonds is 6. The van der Waals surface area contributed by atoms with Crippen molar-refractivity contribution in [3.8, 4) is 0 Å². The lowest BCUT2D eigenvalue weighted by Gasteiger charge is -2.10. The average Bonchev–Trinajstić information content (AvgIpc) is 2.58. The third-order valence-electron chi connectivity index (χ3n) is 3.39. The Morgan fingerprint density at radius 3 is 2.67 bits per heavy atom. The SMILES string of the molecule is COC(=O)CCNC(=O)c1ccc(=O)n(Cc2ccccc2Cl)c1. The molecule has 0 aliphatic carbocycles. The molecule has 0 saturated heterocycles. The first-order valence-electron chi connectivity index (χ1n) is 7.30. The smallest absolute Gasteiger partial charge is 0.307 e. The van der Waals surface area contributed by atoms with E-state index in [1.165, 1.54) is 30.0 Å². The Kier molecular flexibility index (Phi) is 6.14. The van der Waals surface area contributed by atoms with E-state index in [-0.39, 0.29) is 31.0 Å². The Morgan fingerprint density at radius 1 is 1.21 bits per heavy atom. The predicted molar refractivity (Wildman–Crippen MR) is 90.2 cm³/mol. The van der Waals surface area contributed by atoms with Gasteiger partial charge in [-0.05, 0) is 17.7 Å². The summed E-state index contributed by atoms with van der Waals surface area (Å²) in [6.07, 6.45) is 1.56. The van der Waals surface area contributed by atoms with Gasteiger partial charge in [-0.2, -0.15) is 0 Å². The summed E-state index contributed by atoms with van der Waals surface area (Å²) in [7, 11) is 1.29. The van der Waals surface area contributed by atoms with E-state index in [9.17, 15) is 14.4 Å². The van der Waals surface area contributed by atoms with Crippen molar-refractivity contribution >= 4 is 23.5 Å². The summed E-state index contributed by atoms with van der Waals surface area (Å²) in [5.74, 6) is -0.772. The fourth-order valence-electron chi connectivity index (χ4n) is 2.08. The van der Waals surface area contributed by atoms with Crippen molar-refractivity contribution in [3.63, 3.8) is 0 Å². The highest BCUT2D eigenvalue weighted by Gasteiger charge is 2.09. The van der Waals surface area contributed by atoms with Crippen LogP contribution in [0.2, 0.25) is 5.02 Å². The minimum absolute atomic E-state index is 0.0848. The number of amides is 1. The summed E-state index contributed by atoms with van der Waals surface area (Å²) in [4.78, 5) is 35.1. The van der Waals surface area contributed by atoms with Crippen molar-refractivity contribution in [2.45, 2.75) is 13.0 Å². The molecule has 1 aromatic heterocycles. The van der Waals surface area contributed by atoms with Crippen LogP contribution in [-0.4, -0.2) is 30.1 Å². The molecule has 0 radical (unpaired) electrons. The predicted octanol–water partition coefficient (Wildman–Crippen LogP) is 1.84. The van der Waals surface area contributed by atoms with Gasteiger partial charge in [0.2, 0.25) is 0 Å². The number of aromatic nitrogens is 1. The van der Waals surface area contributed by atoms with Crippen LogP contribution >= 0.6 is 11.6 Å². The fourth-order valence-corrected chi connectivity index (χ4v) is 2.28. The summed E-state index contributed by atoms with van der Waals surface area (Å²) in [6.45, 7) is 0.428. The standard InChI is InChI=1S/C17H17ClN2O4/c1-24-16(22)8-9-19-17(23)13-6-7-15(21)20(11-13)10-12-4-2-3-5-14(12)18/h2-7,11H,8-10H2,1H3,(H,19,23). The molecule has 1 amide bonds. The summed E-state index contributed by atoms with van der Waals surface area (Å²) in [5.41, 5.74) is 0.872. The Hall–Kier alpha value is -2.60. The Labute approximate surface area is 144 Å². The van der Waals surface area contributed by atoms with E-state index in [4.69, 9.17) is 11.6 Å². The molecule has 126 valence electrons. The quantitative estimate of drug-likeness (QED) is 0.808. The highest BCUT2D eigenvalue weighted by molar-refractivity contribution is 6.31. The van der Waals surface area contributed by atoms with Gasteiger partial charge in [-0.25, -0.2) is 0 Å². The van der Waals surface area contributed by atoms with Crippen LogP contribution in [0.3, 0.4) is 0 Å². The van der Waals surface area contributed by atoms with Crippen LogP contribution in [0.4, 0.5) is 0 Å². The summed E-state index contributed by atoms with van der Waals surface area (Å²) < 4.78 is 5.92. The molecule has 0 aliphatic heterocycles. The van der Waals surface area contributed by atoms with E-state index in [1.807, 2.05) is 12.1 Å². The number of nitrogens with zero attached hydrogens (tertiary/aromatic N) is 1. The topological polar surface area (TPSA) is 77.4 Å². The first-order chi connectivity index (χ1) is 11.5. The molecule has 0 unspecified atom stereocenters. The van der Waals surface area contributed by atoms with E-state index in [0.29, 0.717) is 10.6 Å². The number of halogens is 1. The monoisotopic (exact) mass is 348 g/mol. The Morgan fingerprint density at radius 2 is 1.96 bits per heavy atom. The number of nitrogens with one attached hydrogen (secondary N) is 1. The van der Waals surface area contributed by atoms with Crippen molar-refractivity contribution in [2.24, 2.45) is 0 Å². The van der Waals surface area contributed by atoms with E-state index in [2.05, 4.69) is 10.1 Å². The first-order valence-corrected chi connectivity index (χ1v) is 7.68. The Bertz CT molecular complexity index is 801. The van der Waals surface area contributed by atoms with Gasteiger partial charge in [-0.15, -0.1) is 0 Å². The van der Waals surface area contributed by atoms with E-state index in [0.717, 1.165) is 5.56 Å². The maximum Gasteiger partial charge on any atom is 0.307 e. The van der Waals surface area contributed by atoms with Crippen LogP contribution in [0.1, 0.15) is 22.3 Å². The van der Waals surface area contributed by atoms with Gasteiger partial charge in [0.15, 0.2) is 0 Å². The maximum absolute atomic E-state index is 12.1. The van der Waals surface area contributed by atoms with Gasteiger partial charge in [-0.3, -0.25) is 14.4 Å². The van der Waals surface area contributed by atoms with Crippen LogP contribution in [0.5, 0.6) is 0 Å². The number of hydrogen-bond donors (Lipinski definition) is 1. The normalized spacial score (nSPS) is 10.2. The second kappa shape index (κ2) is 8.31. The molecule has 0 aliphatic rings.